The number of aliphatic hydroxyl groups is 1. The van der Waals surface area contributed by atoms with E-state index < -0.39 is 0 Å². The molecule has 0 aliphatic heterocycles. The Bertz CT molecular complexity index is 393. The maximum atomic E-state index is 10.1. The first kappa shape index (κ1) is 8.74. The number of halogens is 1. The van der Waals surface area contributed by atoms with Crippen LogP contribution >= 0.6 is 15.9 Å². The molecule has 0 saturated heterocycles. The second kappa shape index (κ2) is 2.74. The number of aliphatic hydroxyl groups excluding tert-OH is 1. The zero-order chi connectivity index (χ0) is 9.87. The van der Waals surface area contributed by atoms with Crippen molar-refractivity contribution in [2.24, 2.45) is 0 Å². The average Bonchev–Trinajstić information content (AvgIpc) is 2.57. The van der Waals surface area contributed by atoms with Crippen molar-refractivity contribution >= 4 is 21.6 Å². The molecule has 1 saturated carbocycles. The molecule has 3 N–H and O–H groups in total. The van der Waals surface area contributed by atoms with Crippen molar-refractivity contribution in [2.45, 2.75) is 29.2 Å². The second-order valence-electron chi connectivity index (χ2n) is 4.22. The summed E-state index contributed by atoms with van der Waals surface area (Å²) in [7, 11) is 0. The van der Waals surface area contributed by atoms with Crippen LogP contribution in [0.3, 0.4) is 0 Å². The maximum absolute atomic E-state index is 10.1. The van der Waals surface area contributed by atoms with Gasteiger partial charge in [-0.3, -0.25) is 0 Å². The number of rotatable bonds is 0. The van der Waals surface area contributed by atoms with Crippen LogP contribution in [0.1, 0.15) is 29.4 Å². The van der Waals surface area contributed by atoms with Crippen molar-refractivity contribution in [3.05, 3.63) is 29.3 Å². The van der Waals surface area contributed by atoms with Gasteiger partial charge in [0.2, 0.25) is 0 Å². The fourth-order valence-corrected chi connectivity index (χ4v) is 3.95. The molecule has 14 heavy (non-hydrogen) atoms. The molecule has 3 heteroatoms. The normalized spacial score (nSPS) is 38.7. The first-order valence-electron chi connectivity index (χ1n) is 4.90. The van der Waals surface area contributed by atoms with E-state index in [1.165, 1.54) is 11.1 Å². The van der Waals surface area contributed by atoms with Gasteiger partial charge in [0.05, 0.1) is 6.10 Å². The highest BCUT2D eigenvalue weighted by Crippen LogP contribution is 2.57. The second-order valence-corrected chi connectivity index (χ2v) is 5.40. The molecule has 2 aliphatic rings. The van der Waals surface area contributed by atoms with E-state index in [0.29, 0.717) is 10.7 Å². The average molecular weight is 254 g/mol. The number of nitrogens with two attached hydrogens (primary N) is 1. The van der Waals surface area contributed by atoms with Crippen molar-refractivity contribution in [1.82, 2.24) is 0 Å². The van der Waals surface area contributed by atoms with Gasteiger partial charge in [0.1, 0.15) is 0 Å². The third-order valence-corrected chi connectivity index (χ3v) is 4.50. The first-order valence-corrected chi connectivity index (χ1v) is 5.82. The van der Waals surface area contributed by atoms with E-state index in [-0.39, 0.29) is 12.0 Å². The molecule has 2 bridgehead atoms. The Morgan fingerprint density at radius 1 is 1.43 bits per heavy atom. The van der Waals surface area contributed by atoms with Gasteiger partial charge in [-0.05, 0) is 23.6 Å². The van der Waals surface area contributed by atoms with Gasteiger partial charge in [-0.1, -0.05) is 28.1 Å². The molecule has 1 aromatic rings. The molecule has 74 valence electrons. The maximum Gasteiger partial charge on any atom is 0.0689 e. The van der Waals surface area contributed by atoms with E-state index in [1.807, 2.05) is 12.1 Å². The van der Waals surface area contributed by atoms with Gasteiger partial charge in [0.15, 0.2) is 0 Å². The van der Waals surface area contributed by atoms with E-state index >= 15 is 0 Å². The lowest BCUT2D eigenvalue weighted by Crippen LogP contribution is -2.15. The summed E-state index contributed by atoms with van der Waals surface area (Å²) in [5.41, 5.74) is 9.22. The molecule has 0 spiro atoms. The van der Waals surface area contributed by atoms with Crippen molar-refractivity contribution in [3.8, 4) is 0 Å². The third-order valence-electron chi connectivity index (χ3n) is 3.56. The zero-order valence-corrected chi connectivity index (χ0v) is 9.24. The van der Waals surface area contributed by atoms with Crippen molar-refractivity contribution in [2.75, 3.05) is 5.73 Å². The van der Waals surface area contributed by atoms with Gasteiger partial charge in [0, 0.05) is 22.4 Å². The highest BCUT2D eigenvalue weighted by molar-refractivity contribution is 9.09. The first-order chi connectivity index (χ1) is 6.70. The lowest BCUT2D eigenvalue weighted by molar-refractivity contribution is 0.160. The lowest BCUT2D eigenvalue weighted by Gasteiger charge is -2.20. The minimum Gasteiger partial charge on any atom is -0.398 e. The molecule has 0 heterocycles. The van der Waals surface area contributed by atoms with Crippen molar-refractivity contribution in [1.29, 1.82) is 0 Å². The van der Waals surface area contributed by atoms with Crippen LogP contribution in [0.5, 0.6) is 0 Å². The minimum atomic E-state index is -0.237. The Labute approximate surface area is 91.2 Å². The summed E-state index contributed by atoms with van der Waals surface area (Å²) in [6.07, 6.45) is 0.793. The number of benzene rings is 1. The molecule has 1 fully saturated rings. The van der Waals surface area contributed by atoms with Crippen LogP contribution in [0.15, 0.2) is 18.2 Å². The van der Waals surface area contributed by atoms with E-state index in [2.05, 4.69) is 22.0 Å². The summed E-state index contributed by atoms with van der Waals surface area (Å²) in [6.45, 7) is 0. The summed E-state index contributed by atoms with van der Waals surface area (Å²) in [4.78, 5) is 0.389. The zero-order valence-electron chi connectivity index (χ0n) is 7.65. The Balaban J connectivity index is 2.22. The molecule has 2 aliphatic carbocycles. The van der Waals surface area contributed by atoms with Gasteiger partial charge in [-0.2, -0.15) is 0 Å². The Morgan fingerprint density at radius 3 is 3.00 bits per heavy atom. The molecular formula is C11H12BrNO. The van der Waals surface area contributed by atoms with Gasteiger partial charge < -0.3 is 10.8 Å². The van der Waals surface area contributed by atoms with E-state index in [4.69, 9.17) is 5.73 Å². The Kier molecular flexibility index (Phi) is 1.71. The standard InChI is InChI=1S/C11H12BrNO/c12-7-4-6-5-2-1-3-8(13)9(5)10(7)11(6)14/h1-3,6-7,10-11,14H,4,13H2. The predicted octanol–water partition coefficient (Wildman–Crippen LogP) is 1.98. The van der Waals surface area contributed by atoms with Gasteiger partial charge >= 0.3 is 0 Å². The van der Waals surface area contributed by atoms with E-state index in [1.54, 1.807) is 0 Å². The monoisotopic (exact) mass is 253 g/mol. The van der Waals surface area contributed by atoms with Crippen LogP contribution in [-0.2, 0) is 0 Å². The number of fused-ring (bicyclic) bond motifs is 5. The van der Waals surface area contributed by atoms with Crippen LogP contribution in [0, 0.1) is 0 Å². The van der Waals surface area contributed by atoms with Gasteiger partial charge in [-0.15, -0.1) is 0 Å². The fraction of sp³-hybridized carbons (Fsp3) is 0.455. The lowest BCUT2D eigenvalue weighted by atomic mass is 9.90. The molecule has 4 unspecified atom stereocenters. The molecule has 0 amide bonds. The van der Waals surface area contributed by atoms with E-state index in [0.717, 1.165) is 12.1 Å². The number of alkyl halides is 1. The minimum absolute atomic E-state index is 0.205. The summed E-state index contributed by atoms with van der Waals surface area (Å²) >= 11 is 3.62. The molecule has 0 radical (unpaired) electrons. The molecule has 1 aromatic carbocycles. The topological polar surface area (TPSA) is 46.2 Å². The van der Waals surface area contributed by atoms with Crippen LogP contribution in [0.25, 0.3) is 0 Å². The summed E-state index contributed by atoms with van der Waals surface area (Å²) in [6, 6.07) is 6.00. The van der Waals surface area contributed by atoms with Gasteiger partial charge in [-0.25, -0.2) is 0 Å². The molecular weight excluding hydrogens is 242 g/mol. The van der Waals surface area contributed by atoms with Crippen molar-refractivity contribution < 1.29 is 5.11 Å². The van der Waals surface area contributed by atoms with Crippen LogP contribution in [0.4, 0.5) is 5.69 Å². The Morgan fingerprint density at radius 2 is 2.21 bits per heavy atom. The Hall–Kier alpha value is -0.540. The van der Waals surface area contributed by atoms with Crippen molar-refractivity contribution in [3.63, 3.8) is 0 Å². The summed E-state index contributed by atoms with van der Waals surface area (Å²) in [5.74, 6) is 0.499. The van der Waals surface area contributed by atoms with Crippen LogP contribution < -0.4 is 5.73 Å². The third kappa shape index (κ3) is 0.894. The van der Waals surface area contributed by atoms with E-state index in [9.17, 15) is 5.11 Å². The number of nitrogen functional groups attached to an aromatic ring is 1. The molecule has 4 atom stereocenters. The molecule has 3 rings (SSSR count). The number of hydrogen-bond acceptors (Lipinski definition) is 2. The predicted molar refractivity (Wildman–Crippen MR) is 59.7 cm³/mol. The fourth-order valence-electron chi connectivity index (χ4n) is 2.97. The number of hydrogen-bond donors (Lipinski definition) is 2. The van der Waals surface area contributed by atoms with Gasteiger partial charge in [0.25, 0.3) is 0 Å². The highest BCUT2D eigenvalue weighted by Gasteiger charge is 2.50. The highest BCUT2D eigenvalue weighted by atomic mass is 79.9. The van der Waals surface area contributed by atoms with Crippen LogP contribution in [-0.4, -0.2) is 16.0 Å². The molecule has 0 aromatic heterocycles. The van der Waals surface area contributed by atoms with Crippen LogP contribution in [0.2, 0.25) is 0 Å². The quantitative estimate of drug-likeness (QED) is 0.549. The smallest absolute Gasteiger partial charge is 0.0689 e. The molecule has 2 nitrogen and oxygen atoms in total. The summed E-state index contributed by atoms with van der Waals surface area (Å²) in [5, 5.41) is 10.1. The largest absolute Gasteiger partial charge is 0.398 e. The number of anilines is 1. The SMILES string of the molecule is Nc1cccc2c1C1C(Br)CC2C1O. The summed E-state index contributed by atoms with van der Waals surface area (Å²) < 4.78 is 0.